The highest BCUT2D eigenvalue weighted by molar-refractivity contribution is 7.16. The van der Waals surface area contributed by atoms with Crippen molar-refractivity contribution in [2.75, 3.05) is 30.9 Å². The normalized spacial score (nSPS) is 12.8. The number of rotatable bonds is 7. The summed E-state index contributed by atoms with van der Waals surface area (Å²) in [5.74, 6) is 1.81. The number of furan rings is 1. The van der Waals surface area contributed by atoms with E-state index in [9.17, 15) is 9.59 Å². The van der Waals surface area contributed by atoms with Crippen molar-refractivity contribution >= 4 is 45.6 Å². The lowest BCUT2D eigenvalue weighted by Crippen LogP contribution is -2.36. The molecular weight excluding hydrogens is 478 g/mol. The van der Waals surface area contributed by atoms with E-state index in [1.165, 1.54) is 18.4 Å². The fourth-order valence-electron chi connectivity index (χ4n) is 3.85. The number of methoxy groups -OCH3 is 1. The highest BCUT2D eigenvalue weighted by Gasteiger charge is 2.30. The first-order valence-corrected chi connectivity index (χ1v) is 12.1. The monoisotopic (exact) mass is 503 g/mol. The summed E-state index contributed by atoms with van der Waals surface area (Å²) in [6, 6.07) is 8.85. The molecule has 34 heavy (non-hydrogen) atoms. The SMILES string of the molecule is CCOC(=O)N1CCc2c(sc(NCc3ccc(C)o3)c2C(=O)Nc2cc(Cl)ccc2OC)C1. The summed E-state index contributed by atoms with van der Waals surface area (Å²) in [7, 11) is 1.54. The van der Waals surface area contributed by atoms with Gasteiger partial charge in [0.25, 0.3) is 5.91 Å². The first-order chi connectivity index (χ1) is 16.4. The molecule has 1 aliphatic rings. The number of aryl methyl sites for hydroxylation is 1. The first kappa shape index (κ1) is 24.0. The van der Waals surface area contributed by atoms with E-state index >= 15 is 0 Å². The maximum Gasteiger partial charge on any atom is 0.410 e. The number of thiophene rings is 1. The lowest BCUT2D eigenvalue weighted by Gasteiger charge is -2.26. The van der Waals surface area contributed by atoms with E-state index in [0.29, 0.717) is 59.7 Å². The Balaban J connectivity index is 1.64. The molecule has 0 spiro atoms. The summed E-state index contributed by atoms with van der Waals surface area (Å²) < 4.78 is 16.2. The zero-order valence-electron chi connectivity index (χ0n) is 19.2. The number of benzene rings is 1. The molecule has 0 atom stereocenters. The van der Waals surface area contributed by atoms with Crippen LogP contribution in [0.2, 0.25) is 5.02 Å². The average Bonchev–Trinajstić information content (AvgIpc) is 3.40. The largest absolute Gasteiger partial charge is 0.495 e. The minimum absolute atomic E-state index is 0.277. The third-order valence-corrected chi connectivity index (χ3v) is 6.85. The fraction of sp³-hybridized carbons (Fsp3) is 0.333. The van der Waals surface area contributed by atoms with Crippen LogP contribution in [0.4, 0.5) is 15.5 Å². The van der Waals surface area contributed by atoms with E-state index in [1.54, 1.807) is 30.0 Å². The Bertz CT molecular complexity index is 1210. The summed E-state index contributed by atoms with van der Waals surface area (Å²) in [6.07, 6.45) is 0.193. The third kappa shape index (κ3) is 5.15. The molecule has 0 saturated heterocycles. The van der Waals surface area contributed by atoms with Crippen molar-refractivity contribution in [2.45, 2.75) is 33.4 Å². The summed E-state index contributed by atoms with van der Waals surface area (Å²) >= 11 is 7.60. The minimum atomic E-state index is -0.350. The van der Waals surface area contributed by atoms with Crippen LogP contribution in [-0.2, 0) is 24.2 Å². The van der Waals surface area contributed by atoms with Gasteiger partial charge in [0.2, 0.25) is 0 Å². The Hall–Kier alpha value is -3.17. The minimum Gasteiger partial charge on any atom is -0.495 e. The Morgan fingerprint density at radius 1 is 1.26 bits per heavy atom. The van der Waals surface area contributed by atoms with E-state index in [4.69, 9.17) is 25.5 Å². The van der Waals surface area contributed by atoms with Crippen LogP contribution in [0.25, 0.3) is 0 Å². The highest BCUT2D eigenvalue weighted by Crippen LogP contribution is 2.39. The predicted molar refractivity (Wildman–Crippen MR) is 132 cm³/mol. The number of ether oxygens (including phenoxy) is 2. The number of halogens is 1. The van der Waals surface area contributed by atoms with Crippen LogP contribution in [0.15, 0.2) is 34.7 Å². The highest BCUT2D eigenvalue weighted by atomic mass is 35.5. The maximum atomic E-state index is 13.5. The maximum absolute atomic E-state index is 13.5. The molecule has 1 aliphatic heterocycles. The molecule has 1 aromatic carbocycles. The number of carbonyl (C=O) groups is 2. The molecule has 3 aromatic rings. The van der Waals surface area contributed by atoms with Crippen LogP contribution in [-0.4, -0.2) is 37.2 Å². The molecule has 3 heterocycles. The summed E-state index contributed by atoms with van der Waals surface area (Å²) in [6.45, 7) is 5.27. The number of nitrogens with one attached hydrogen (secondary N) is 2. The molecule has 0 radical (unpaired) electrons. The second-order valence-corrected chi connectivity index (χ2v) is 9.28. The van der Waals surface area contributed by atoms with Crippen molar-refractivity contribution in [1.82, 2.24) is 4.90 Å². The molecule has 10 heteroatoms. The van der Waals surface area contributed by atoms with Gasteiger partial charge in [0, 0.05) is 16.4 Å². The van der Waals surface area contributed by atoms with Gasteiger partial charge in [-0.1, -0.05) is 11.6 Å². The topological polar surface area (TPSA) is 93.0 Å². The summed E-state index contributed by atoms with van der Waals surface area (Å²) in [4.78, 5) is 28.4. The van der Waals surface area contributed by atoms with Gasteiger partial charge in [-0.25, -0.2) is 4.79 Å². The van der Waals surface area contributed by atoms with Gasteiger partial charge in [-0.15, -0.1) is 11.3 Å². The molecule has 4 rings (SSSR count). The zero-order valence-corrected chi connectivity index (χ0v) is 20.8. The van der Waals surface area contributed by atoms with Gasteiger partial charge in [-0.05, 0) is 56.2 Å². The van der Waals surface area contributed by atoms with Crippen molar-refractivity contribution in [3.8, 4) is 5.75 Å². The Kier molecular flexibility index (Phi) is 7.33. The van der Waals surface area contributed by atoms with Crippen molar-refractivity contribution in [3.63, 3.8) is 0 Å². The van der Waals surface area contributed by atoms with Gasteiger partial charge in [-0.2, -0.15) is 0 Å². The molecule has 0 saturated carbocycles. The first-order valence-electron chi connectivity index (χ1n) is 10.9. The smallest absolute Gasteiger partial charge is 0.410 e. The number of hydrogen-bond donors (Lipinski definition) is 2. The van der Waals surface area contributed by atoms with Gasteiger partial charge < -0.3 is 29.4 Å². The van der Waals surface area contributed by atoms with Crippen molar-refractivity contribution in [2.24, 2.45) is 0 Å². The average molecular weight is 504 g/mol. The van der Waals surface area contributed by atoms with E-state index < -0.39 is 0 Å². The summed E-state index contributed by atoms with van der Waals surface area (Å²) in [5.41, 5.74) is 1.95. The van der Waals surface area contributed by atoms with Crippen LogP contribution < -0.4 is 15.4 Å². The second-order valence-electron chi connectivity index (χ2n) is 7.74. The van der Waals surface area contributed by atoms with Gasteiger partial charge in [0.15, 0.2) is 0 Å². The molecule has 2 amide bonds. The lowest BCUT2D eigenvalue weighted by molar-refractivity contribution is 0.102. The van der Waals surface area contributed by atoms with Gasteiger partial charge in [0.05, 0.1) is 38.1 Å². The molecule has 2 N–H and O–H groups in total. The van der Waals surface area contributed by atoms with Crippen LogP contribution in [0.1, 0.15) is 39.2 Å². The molecule has 180 valence electrons. The number of fused-ring (bicyclic) bond motifs is 1. The molecule has 0 aliphatic carbocycles. The standard InChI is InChI=1S/C24H26ClN3O5S/c1-4-32-24(30)28-10-9-17-20(13-28)34-23(26-12-16-7-5-14(2)33-16)21(17)22(29)27-18-11-15(25)6-8-19(18)31-3/h5-8,11,26H,4,9-10,12-13H2,1-3H3,(H,27,29). The number of hydrogen-bond acceptors (Lipinski definition) is 7. The van der Waals surface area contributed by atoms with Gasteiger partial charge >= 0.3 is 6.09 Å². The number of carbonyl (C=O) groups excluding carboxylic acids is 2. The predicted octanol–water partition coefficient (Wildman–Crippen LogP) is 5.69. The van der Waals surface area contributed by atoms with Crippen molar-refractivity contribution < 1.29 is 23.5 Å². The number of nitrogens with zero attached hydrogens (tertiary/aromatic N) is 1. The zero-order chi connectivity index (χ0) is 24.2. The second kappa shape index (κ2) is 10.4. The Morgan fingerprint density at radius 3 is 2.79 bits per heavy atom. The molecule has 0 fully saturated rings. The van der Waals surface area contributed by atoms with Crippen molar-refractivity contribution in [1.29, 1.82) is 0 Å². The molecule has 0 bridgehead atoms. The molecule has 2 aromatic heterocycles. The lowest BCUT2D eigenvalue weighted by atomic mass is 10.0. The Labute approximate surface area is 206 Å². The van der Waals surface area contributed by atoms with Crippen LogP contribution >= 0.6 is 22.9 Å². The Morgan fingerprint density at radius 2 is 2.09 bits per heavy atom. The molecule has 8 nitrogen and oxygen atoms in total. The van der Waals surface area contributed by atoms with Gasteiger partial charge in [0.1, 0.15) is 22.3 Å². The van der Waals surface area contributed by atoms with E-state index in [0.717, 1.165) is 22.0 Å². The number of anilines is 2. The number of amides is 2. The quantitative estimate of drug-likeness (QED) is 0.430. The summed E-state index contributed by atoms with van der Waals surface area (Å²) in [5, 5.41) is 7.49. The van der Waals surface area contributed by atoms with E-state index in [1.807, 2.05) is 19.1 Å². The molecular formula is C24H26ClN3O5S. The van der Waals surface area contributed by atoms with Crippen molar-refractivity contribution in [3.05, 3.63) is 62.9 Å². The van der Waals surface area contributed by atoms with E-state index in [-0.39, 0.29) is 12.0 Å². The van der Waals surface area contributed by atoms with E-state index in [2.05, 4.69) is 10.6 Å². The fourth-order valence-corrected chi connectivity index (χ4v) is 5.28. The van der Waals surface area contributed by atoms with Crippen LogP contribution in [0, 0.1) is 6.92 Å². The molecule has 0 unspecified atom stereocenters. The van der Waals surface area contributed by atoms with Gasteiger partial charge in [-0.3, -0.25) is 4.79 Å². The van der Waals surface area contributed by atoms with Crippen LogP contribution in [0.3, 0.4) is 0 Å². The van der Waals surface area contributed by atoms with Crippen LogP contribution in [0.5, 0.6) is 5.75 Å². The third-order valence-electron chi connectivity index (χ3n) is 5.44.